The Morgan fingerprint density at radius 1 is 1.12 bits per heavy atom. The summed E-state index contributed by atoms with van der Waals surface area (Å²) in [6.07, 6.45) is 3.37. The first-order valence-corrected chi connectivity index (χ1v) is 8.61. The standard InChI is InChI=1S/C22H22N2O2/c1-15(23-21(25)13-12-18-8-5-4-6-9-18)19-10-7-11-20(14-19)22-16(2)24-26-17(22)3/h4-15H,1-3H3,(H,23,25)/t15-/m0/s1. The van der Waals surface area contributed by atoms with Gasteiger partial charge in [0, 0.05) is 11.6 Å². The molecule has 3 aromatic rings. The van der Waals surface area contributed by atoms with Gasteiger partial charge in [0.15, 0.2) is 0 Å². The van der Waals surface area contributed by atoms with Gasteiger partial charge in [-0.25, -0.2) is 0 Å². The summed E-state index contributed by atoms with van der Waals surface area (Å²) in [6, 6.07) is 17.7. The van der Waals surface area contributed by atoms with E-state index in [9.17, 15) is 4.79 Å². The number of hydrogen-bond donors (Lipinski definition) is 1. The second-order valence-electron chi connectivity index (χ2n) is 6.30. The van der Waals surface area contributed by atoms with E-state index in [-0.39, 0.29) is 11.9 Å². The largest absolute Gasteiger partial charge is 0.361 e. The van der Waals surface area contributed by atoms with Crippen molar-refractivity contribution >= 4 is 12.0 Å². The smallest absolute Gasteiger partial charge is 0.244 e. The van der Waals surface area contributed by atoms with Gasteiger partial charge in [0.2, 0.25) is 5.91 Å². The van der Waals surface area contributed by atoms with Crippen molar-refractivity contribution in [1.29, 1.82) is 0 Å². The lowest BCUT2D eigenvalue weighted by Crippen LogP contribution is -2.24. The molecule has 4 nitrogen and oxygen atoms in total. The highest BCUT2D eigenvalue weighted by atomic mass is 16.5. The first-order chi connectivity index (χ1) is 12.5. The number of amides is 1. The predicted molar refractivity (Wildman–Crippen MR) is 103 cm³/mol. The Labute approximate surface area is 153 Å². The highest BCUT2D eigenvalue weighted by Gasteiger charge is 2.14. The van der Waals surface area contributed by atoms with E-state index in [0.29, 0.717) is 0 Å². The monoisotopic (exact) mass is 346 g/mol. The van der Waals surface area contributed by atoms with Crippen LogP contribution in [0, 0.1) is 13.8 Å². The molecule has 1 atom stereocenters. The van der Waals surface area contributed by atoms with Crippen LogP contribution in [0.3, 0.4) is 0 Å². The first kappa shape index (κ1) is 17.7. The number of carbonyl (C=O) groups is 1. The third-order valence-electron chi connectivity index (χ3n) is 4.29. The Bertz CT molecular complexity index is 907. The number of hydrogen-bond acceptors (Lipinski definition) is 3. The molecule has 1 aromatic heterocycles. The van der Waals surface area contributed by atoms with Crippen molar-refractivity contribution in [3.8, 4) is 11.1 Å². The zero-order valence-electron chi connectivity index (χ0n) is 15.2. The van der Waals surface area contributed by atoms with Crippen molar-refractivity contribution in [3.63, 3.8) is 0 Å². The molecule has 0 unspecified atom stereocenters. The molecule has 132 valence electrons. The molecule has 0 radical (unpaired) electrons. The van der Waals surface area contributed by atoms with Gasteiger partial charge < -0.3 is 9.84 Å². The summed E-state index contributed by atoms with van der Waals surface area (Å²) in [6.45, 7) is 5.81. The maximum atomic E-state index is 12.2. The zero-order valence-corrected chi connectivity index (χ0v) is 15.2. The molecule has 0 aliphatic heterocycles. The van der Waals surface area contributed by atoms with Crippen LogP contribution in [-0.2, 0) is 4.79 Å². The highest BCUT2D eigenvalue weighted by Crippen LogP contribution is 2.28. The number of aryl methyl sites for hydroxylation is 2. The fourth-order valence-corrected chi connectivity index (χ4v) is 2.94. The van der Waals surface area contributed by atoms with E-state index in [1.807, 2.05) is 75.4 Å². The molecule has 1 N–H and O–H groups in total. The van der Waals surface area contributed by atoms with Crippen LogP contribution < -0.4 is 5.32 Å². The summed E-state index contributed by atoms with van der Waals surface area (Å²) < 4.78 is 5.26. The lowest BCUT2D eigenvalue weighted by atomic mass is 9.99. The summed E-state index contributed by atoms with van der Waals surface area (Å²) >= 11 is 0. The molecule has 0 fully saturated rings. The van der Waals surface area contributed by atoms with Gasteiger partial charge in [0.25, 0.3) is 0 Å². The van der Waals surface area contributed by atoms with Crippen LogP contribution in [0.4, 0.5) is 0 Å². The van der Waals surface area contributed by atoms with Crippen LogP contribution in [-0.4, -0.2) is 11.1 Å². The van der Waals surface area contributed by atoms with Crippen LogP contribution in [0.1, 0.15) is 35.5 Å². The van der Waals surface area contributed by atoms with Crippen LogP contribution in [0.25, 0.3) is 17.2 Å². The van der Waals surface area contributed by atoms with Crippen molar-refractivity contribution < 1.29 is 9.32 Å². The van der Waals surface area contributed by atoms with Crippen LogP contribution in [0.2, 0.25) is 0 Å². The predicted octanol–water partition coefficient (Wildman–Crippen LogP) is 4.85. The average molecular weight is 346 g/mol. The number of benzene rings is 2. The number of nitrogens with one attached hydrogen (secondary N) is 1. The van der Waals surface area contributed by atoms with Gasteiger partial charge in [-0.1, -0.05) is 53.7 Å². The van der Waals surface area contributed by atoms with Crippen molar-refractivity contribution in [1.82, 2.24) is 10.5 Å². The molecule has 2 aromatic carbocycles. The number of rotatable bonds is 5. The van der Waals surface area contributed by atoms with Gasteiger partial charge in [-0.3, -0.25) is 4.79 Å². The number of carbonyl (C=O) groups excluding carboxylic acids is 1. The maximum absolute atomic E-state index is 12.2. The van der Waals surface area contributed by atoms with Gasteiger partial charge in [-0.15, -0.1) is 0 Å². The third kappa shape index (κ3) is 4.09. The summed E-state index contributed by atoms with van der Waals surface area (Å²) in [5, 5.41) is 7.02. The Morgan fingerprint density at radius 3 is 2.58 bits per heavy atom. The van der Waals surface area contributed by atoms with Gasteiger partial charge >= 0.3 is 0 Å². The Hall–Kier alpha value is -3.14. The minimum atomic E-state index is -0.121. The third-order valence-corrected chi connectivity index (χ3v) is 4.29. The second kappa shape index (κ2) is 7.83. The molecule has 0 aliphatic rings. The topological polar surface area (TPSA) is 55.1 Å². The lowest BCUT2D eigenvalue weighted by molar-refractivity contribution is -0.117. The van der Waals surface area contributed by atoms with Crippen molar-refractivity contribution in [2.24, 2.45) is 0 Å². The van der Waals surface area contributed by atoms with E-state index in [0.717, 1.165) is 33.7 Å². The number of aromatic nitrogens is 1. The molecule has 0 saturated carbocycles. The maximum Gasteiger partial charge on any atom is 0.244 e. The molecule has 0 spiro atoms. The zero-order chi connectivity index (χ0) is 18.5. The van der Waals surface area contributed by atoms with Crippen molar-refractivity contribution in [2.45, 2.75) is 26.8 Å². The molecule has 0 bridgehead atoms. The summed E-state index contributed by atoms with van der Waals surface area (Å²) in [5.74, 6) is 0.672. The van der Waals surface area contributed by atoms with Gasteiger partial charge in [-0.2, -0.15) is 0 Å². The van der Waals surface area contributed by atoms with E-state index in [4.69, 9.17) is 4.52 Å². The normalized spacial score (nSPS) is 12.3. The molecule has 1 amide bonds. The second-order valence-corrected chi connectivity index (χ2v) is 6.30. The first-order valence-electron chi connectivity index (χ1n) is 8.61. The van der Waals surface area contributed by atoms with E-state index < -0.39 is 0 Å². The van der Waals surface area contributed by atoms with Crippen LogP contribution in [0.5, 0.6) is 0 Å². The molecule has 4 heteroatoms. The van der Waals surface area contributed by atoms with Crippen molar-refractivity contribution in [3.05, 3.63) is 83.3 Å². The average Bonchev–Trinajstić information content (AvgIpc) is 2.99. The quantitative estimate of drug-likeness (QED) is 0.672. The lowest BCUT2D eigenvalue weighted by Gasteiger charge is -2.14. The summed E-state index contributed by atoms with van der Waals surface area (Å²) in [7, 11) is 0. The highest BCUT2D eigenvalue weighted by molar-refractivity contribution is 5.92. The summed E-state index contributed by atoms with van der Waals surface area (Å²) in [5.41, 5.74) is 4.94. The molecule has 1 heterocycles. The minimum Gasteiger partial charge on any atom is -0.361 e. The van der Waals surface area contributed by atoms with E-state index in [2.05, 4.69) is 16.5 Å². The van der Waals surface area contributed by atoms with Gasteiger partial charge in [0.05, 0.1) is 11.7 Å². The van der Waals surface area contributed by atoms with E-state index >= 15 is 0 Å². The number of nitrogens with zero attached hydrogens (tertiary/aromatic N) is 1. The van der Waals surface area contributed by atoms with E-state index in [1.165, 1.54) is 0 Å². The Morgan fingerprint density at radius 2 is 1.88 bits per heavy atom. The Kier molecular flexibility index (Phi) is 5.32. The van der Waals surface area contributed by atoms with Crippen molar-refractivity contribution in [2.75, 3.05) is 0 Å². The SMILES string of the molecule is Cc1noc(C)c1-c1cccc([C@H](C)NC(=O)C=Cc2ccccc2)c1. The van der Waals surface area contributed by atoms with Crippen LogP contribution in [0.15, 0.2) is 65.2 Å². The molecular formula is C22H22N2O2. The fraction of sp³-hybridized carbons (Fsp3) is 0.182. The van der Waals surface area contributed by atoms with Gasteiger partial charge in [-0.05, 0) is 49.6 Å². The molecule has 3 rings (SSSR count). The molecular weight excluding hydrogens is 324 g/mol. The molecule has 0 saturated heterocycles. The molecule has 26 heavy (non-hydrogen) atoms. The van der Waals surface area contributed by atoms with E-state index in [1.54, 1.807) is 6.08 Å². The fourth-order valence-electron chi connectivity index (χ4n) is 2.94. The minimum absolute atomic E-state index is 0.108. The van der Waals surface area contributed by atoms with Gasteiger partial charge in [0.1, 0.15) is 5.76 Å². The summed E-state index contributed by atoms with van der Waals surface area (Å²) in [4.78, 5) is 12.2. The van der Waals surface area contributed by atoms with Crippen LogP contribution >= 0.6 is 0 Å². The molecule has 0 aliphatic carbocycles. The Balaban J connectivity index is 1.72.